The maximum atomic E-state index is 12.6. The predicted molar refractivity (Wildman–Crippen MR) is 81.6 cm³/mol. The van der Waals surface area contributed by atoms with Gasteiger partial charge >= 0.3 is 0 Å². The number of aromatic amines is 1. The molecule has 9 heteroatoms. The quantitative estimate of drug-likeness (QED) is 0.790. The van der Waals surface area contributed by atoms with Gasteiger partial charge < -0.3 is 14.5 Å². The highest BCUT2D eigenvalue weighted by Gasteiger charge is 2.61. The summed E-state index contributed by atoms with van der Waals surface area (Å²) in [5.41, 5.74) is -0.573. The molecular formula is C14H19N5O3S. The molecule has 124 valence electrons. The van der Waals surface area contributed by atoms with Crippen molar-refractivity contribution < 1.29 is 14.3 Å². The van der Waals surface area contributed by atoms with Crippen LogP contribution in [-0.2, 0) is 14.3 Å². The van der Waals surface area contributed by atoms with Gasteiger partial charge in [-0.1, -0.05) is 11.8 Å². The maximum Gasteiger partial charge on any atom is 0.233 e. The molecule has 3 aliphatic rings. The standard InChI is InChI=1S/C14H19N5O3S/c1-9-15-13(17-16-9)23-8-12(21)18-5-3-14-10(18)7-11(20)19(14)4-2-6-22-14/h10H,2-8H2,1H3,(H,15,16,17)/t10-,14+/m1/s1. The molecule has 0 aromatic carbocycles. The zero-order valence-corrected chi connectivity index (χ0v) is 13.8. The van der Waals surface area contributed by atoms with E-state index in [9.17, 15) is 9.59 Å². The topological polar surface area (TPSA) is 91.4 Å². The monoisotopic (exact) mass is 337 g/mol. The van der Waals surface area contributed by atoms with Crippen molar-refractivity contribution in [3.05, 3.63) is 5.82 Å². The van der Waals surface area contributed by atoms with Crippen LogP contribution in [0.15, 0.2) is 5.16 Å². The highest BCUT2D eigenvalue weighted by atomic mass is 32.2. The van der Waals surface area contributed by atoms with E-state index in [-0.39, 0.29) is 23.6 Å². The van der Waals surface area contributed by atoms with Crippen LogP contribution in [-0.4, -0.2) is 74.0 Å². The van der Waals surface area contributed by atoms with Gasteiger partial charge in [-0.05, 0) is 13.3 Å². The maximum absolute atomic E-state index is 12.6. The van der Waals surface area contributed by atoms with Crippen LogP contribution in [0.2, 0.25) is 0 Å². The molecule has 1 aromatic rings. The first-order valence-electron chi connectivity index (χ1n) is 7.86. The average molecular weight is 337 g/mol. The van der Waals surface area contributed by atoms with Gasteiger partial charge in [0.05, 0.1) is 24.8 Å². The van der Waals surface area contributed by atoms with Gasteiger partial charge in [0.15, 0.2) is 5.72 Å². The van der Waals surface area contributed by atoms with E-state index in [1.807, 2.05) is 16.7 Å². The first kappa shape index (κ1) is 14.9. The molecule has 4 rings (SSSR count). The Morgan fingerprint density at radius 3 is 3.17 bits per heavy atom. The molecule has 2 amide bonds. The smallest absolute Gasteiger partial charge is 0.233 e. The molecule has 4 heterocycles. The minimum Gasteiger partial charge on any atom is -0.353 e. The molecule has 1 spiro atoms. The van der Waals surface area contributed by atoms with Crippen LogP contribution < -0.4 is 0 Å². The van der Waals surface area contributed by atoms with E-state index in [1.54, 1.807) is 0 Å². The Kier molecular flexibility index (Phi) is 3.56. The molecular weight excluding hydrogens is 318 g/mol. The third kappa shape index (κ3) is 2.33. The molecule has 0 unspecified atom stereocenters. The minimum absolute atomic E-state index is 0.0168. The largest absolute Gasteiger partial charge is 0.353 e. The summed E-state index contributed by atoms with van der Waals surface area (Å²) in [6.07, 6.45) is 1.95. The predicted octanol–water partition coefficient (Wildman–Crippen LogP) is 0.155. The Balaban J connectivity index is 1.46. The van der Waals surface area contributed by atoms with E-state index >= 15 is 0 Å². The normalized spacial score (nSPS) is 29.8. The molecule has 3 fully saturated rings. The van der Waals surface area contributed by atoms with E-state index < -0.39 is 5.72 Å². The number of likely N-dealkylation sites (tertiary alicyclic amines) is 1. The number of amides is 2. The number of nitrogens with one attached hydrogen (secondary N) is 1. The lowest BCUT2D eigenvalue weighted by Gasteiger charge is -2.42. The van der Waals surface area contributed by atoms with Gasteiger partial charge in [0.25, 0.3) is 0 Å². The number of hydrogen-bond acceptors (Lipinski definition) is 6. The van der Waals surface area contributed by atoms with Crippen LogP contribution in [0.25, 0.3) is 0 Å². The van der Waals surface area contributed by atoms with Crippen LogP contribution in [0.1, 0.15) is 25.1 Å². The number of thioether (sulfide) groups is 1. The summed E-state index contributed by atoms with van der Waals surface area (Å²) in [5, 5.41) is 7.36. The number of carbonyl (C=O) groups excluding carboxylic acids is 2. The summed E-state index contributed by atoms with van der Waals surface area (Å²) in [6, 6.07) is -0.155. The Hall–Kier alpha value is -1.61. The molecule has 0 saturated carbocycles. The zero-order valence-electron chi connectivity index (χ0n) is 12.9. The Morgan fingerprint density at radius 2 is 2.39 bits per heavy atom. The van der Waals surface area contributed by atoms with Crippen molar-refractivity contribution in [2.45, 2.75) is 43.1 Å². The molecule has 23 heavy (non-hydrogen) atoms. The molecule has 0 aliphatic carbocycles. The number of nitrogens with zero attached hydrogens (tertiary/aromatic N) is 4. The first-order chi connectivity index (χ1) is 11.1. The molecule has 2 atom stereocenters. The van der Waals surface area contributed by atoms with Crippen LogP contribution in [0, 0.1) is 6.92 Å². The van der Waals surface area contributed by atoms with Crippen molar-refractivity contribution in [3.8, 4) is 0 Å². The highest BCUT2D eigenvalue weighted by molar-refractivity contribution is 7.99. The van der Waals surface area contributed by atoms with Gasteiger partial charge in [0, 0.05) is 19.5 Å². The average Bonchev–Trinajstić information content (AvgIpc) is 3.18. The van der Waals surface area contributed by atoms with E-state index in [1.165, 1.54) is 11.8 Å². The molecule has 8 nitrogen and oxygen atoms in total. The molecule has 3 aliphatic heterocycles. The lowest BCUT2D eigenvalue weighted by atomic mass is 10.0. The lowest BCUT2D eigenvalue weighted by Crippen LogP contribution is -2.56. The van der Waals surface area contributed by atoms with Crippen molar-refractivity contribution >= 4 is 23.6 Å². The van der Waals surface area contributed by atoms with Gasteiger partial charge in [0.1, 0.15) is 5.82 Å². The van der Waals surface area contributed by atoms with Crippen molar-refractivity contribution in [3.63, 3.8) is 0 Å². The summed E-state index contributed by atoms with van der Waals surface area (Å²) in [5.74, 6) is 1.12. The SMILES string of the molecule is Cc1nc(SCC(=O)N2CC[C@@]34OCCCN3C(=O)C[C@@H]24)n[nH]1. The summed E-state index contributed by atoms with van der Waals surface area (Å²) in [4.78, 5) is 32.7. The number of rotatable bonds is 3. The fourth-order valence-corrected chi connectivity index (χ4v) is 4.57. The minimum atomic E-state index is -0.573. The van der Waals surface area contributed by atoms with Crippen LogP contribution in [0.5, 0.6) is 0 Å². The van der Waals surface area contributed by atoms with E-state index in [2.05, 4.69) is 15.2 Å². The summed E-state index contributed by atoms with van der Waals surface area (Å²) in [7, 11) is 0. The number of H-pyrrole nitrogens is 1. The van der Waals surface area contributed by atoms with Crippen molar-refractivity contribution in [2.75, 3.05) is 25.4 Å². The van der Waals surface area contributed by atoms with E-state index in [0.29, 0.717) is 31.1 Å². The highest BCUT2D eigenvalue weighted by Crippen LogP contribution is 2.45. The molecule has 1 aromatic heterocycles. The second-order valence-corrected chi connectivity index (χ2v) is 7.08. The Bertz CT molecular complexity index is 650. The van der Waals surface area contributed by atoms with E-state index in [4.69, 9.17) is 4.74 Å². The molecule has 3 saturated heterocycles. The van der Waals surface area contributed by atoms with Crippen LogP contribution >= 0.6 is 11.8 Å². The third-order valence-electron chi connectivity index (χ3n) is 4.83. The number of carbonyl (C=O) groups is 2. The van der Waals surface area contributed by atoms with Crippen molar-refractivity contribution in [2.24, 2.45) is 0 Å². The van der Waals surface area contributed by atoms with Gasteiger partial charge in [-0.25, -0.2) is 4.98 Å². The second-order valence-electron chi connectivity index (χ2n) is 6.14. The van der Waals surface area contributed by atoms with Gasteiger partial charge in [-0.3, -0.25) is 14.7 Å². The van der Waals surface area contributed by atoms with Crippen LogP contribution in [0.3, 0.4) is 0 Å². The fourth-order valence-electron chi connectivity index (χ4n) is 3.84. The second kappa shape index (κ2) is 5.48. The van der Waals surface area contributed by atoms with Gasteiger partial charge in [-0.2, -0.15) is 0 Å². The van der Waals surface area contributed by atoms with Gasteiger partial charge in [0.2, 0.25) is 17.0 Å². The Morgan fingerprint density at radius 1 is 1.52 bits per heavy atom. The third-order valence-corrected chi connectivity index (χ3v) is 5.67. The van der Waals surface area contributed by atoms with Crippen molar-refractivity contribution in [1.82, 2.24) is 25.0 Å². The lowest BCUT2D eigenvalue weighted by molar-refractivity contribution is -0.181. The van der Waals surface area contributed by atoms with Crippen molar-refractivity contribution in [1.29, 1.82) is 0 Å². The molecule has 1 N–H and O–H groups in total. The fraction of sp³-hybridized carbons (Fsp3) is 0.714. The molecule has 0 radical (unpaired) electrons. The van der Waals surface area contributed by atoms with Gasteiger partial charge in [-0.15, -0.1) is 5.10 Å². The first-order valence-corrected chi connectivity index (χ1v) is 8.84. The summed E-state index contributed by atoms with van der Waals surface area (Å²) in [6.45, 7) is 3.86. The number of hydrogen-bond donors (Lipinski definition) is 1. The number of ether oxygens (including phenoxy) is 1. The Labute approximate surface area is 137 Å². The number of aryl methyl sites for hydroxylation is 1. The van der Waals surface area contributed by atoms with E-state index in [0.717, 1.165) is 18.8 Å². The summed E-state index contributed by atoms with van der Waals surface area (Å²) < 4.78 is 6.01. The van der Waals surface area contributed by atoms with Crippen LogP contribution in [0.4, 0.5) is 0 Å². The zero-order chi connectivity index (χ0) is 16.0. The number of aromatic nitrogens is 3. The summed E-state index contributed by atoms with van der Waals surface area (Å²) >= 11 is 1.31. The molecule has 0 bridgehead atoms.